The van der Waals surface area contributed by atoms with Gasteiger partial charge in [-0.15, -0.1) is 0 Å². The molecule has 5 aromatic rings. The number of aromatic nitrogens is 3. The van der Waals surface area contributed by atoms with Gasteiger partial charge in [0.2, 0.25) is 0 Å². The predicted molar refractivity (Wildman–Crippen MR) is 181 cm³/mol. The number of carbonyl (C=O) groups excluding carboxylic acids is 2. The van der Waals surface area contributed by atoms with Crippen LogP contribution in [0.3, 0.4) is 0 Å². The van der Waals surface area contributed by atoms with E-state index in [9.17, 15) is 9.59 Å². The van der Waals surface area contributed by atoms with Gasteiger partial charge in [0.1, 0.15) is 29.7 Å². The Kier molecular flexibility index (Phi) is 10.1. The number of hydrogen-bond acceptors (Lipinski definition) is 6. The maximum Gasteiger partial charge on any atom is 0.324 e. The van der Waals surface area contributed by atoms with Crippen molar-refractivity contribution < 1.29 is 19.1 Å². The van der Waals surface area contributed by atoms with Crippen molar-refractivity contribution in [1.29, 1.82) is 0 Å². The number of amides is 3. The number of rotatable bonds is 11. The Morgan fingerprint density at radius 1 is 0.955 bits per heavy atom. The summed E-state index contributed by atoms with van der Waals surface area (Å²) in [6.45, 7) is 4.10. The number of nitrogens with one attached hydrogen (secondary N) is 3. The highest BCUT2D eigenvalue weighted by molar-refractivity contribution is 14.1. The fourth-order valence-corrected chi connectivity index (χ4v) is 5.57. The number of pyridine rings is 1. The lowest BCUT2D eigenvalue weighted by atomic mass is 10.1. The van der Waals surface area contributed by atoms with E-state index in [1.54, 1.807) is 35.1 Å². The molecular weight excluding hydrogens is 671 g/mol. The van der Waals surface area contributed by atoms with Gasteiger partial charge in [0.25, 0.3) is 5.91 Å². The normalized spacial score (nSPS) is 11.6. The molecular formula is C33H33IN6O4. The number of carbonyl (C=O) groups is 2. The van der Waals surface area contributed by atoms with Crippen LogP contribution >= 0.6 is 22.6 Å². The van der Waals surface area contributed by atoms with Crippen LogP contribution in [0, 0.1) is 6.92 Å². The number of halogens is 1. The predicted octanol–water partition coefficient (Wildman–Crippen LogP) is 8.03. The summed E-state index contributed by atoms with van der Waals surface area (Å²) < 4.78 is 13.0. The molecule has 3 aromatic carbocycles. The van der Waals surface area contributed by atoms with Crippen LogP contribution in [-0.4, -0.2) is 40.4 Å². The molecule has 0 aliphatic carbocycles. The van der Waals surface area contributed by atoms with Crippen LogP contribution in [0.4, 0.5) is 22.1 Å². The lowest BCUT2D eigenvalue weighted by Gasteiger charge is -2.14. The fourth-order valence-electron chi connectivity index (χ4n) is 4.64. The summed E-state index contributed by atoms with van der Waals surface area (Å²) in [7, 11) is 1.45. The van der Waals surface area contributed by atoms with Crippen LogP contribution in [0.5, 0.6) is 11.5 Å². The Balaban J connectivity index is 1.37. The third-order valence-electron chi connectivity index (χ3n) is 6.75. The molecule has 11 heteroatoms. The number of alkyl halides is 1. The van der Waals surface area contributed by atoms with Crippen molar-refractivity contribution in [3.05, 3.63) is 96.3 Å². The van der Waals surface area contributed by atoms with E-state index in [4.69, 9.17) is 14.6 Å². The summed E-state index contributed by atoms with van der Waals surface area (Å²) in [5.41, 5.74) is 3.53. The number of fused-ring (bicyclic) bond motifs is 1. The first-order valence-electron chi connectivity index (χ1n) is 14.2. The molecule has 44 heavy (non-hydrogen) atoms. The first kappa shape index (κ1) is 31.0. The minimum Gasteiger partial charge on any atom is -0.457 e. The average Bonchev–Trinajstić information content (AvgIpc) is 3.43. The highest BCUT2D eigenvalue weighted by Crippen LogP contribution is 2.35. The van der Waals surface area contributed by atoms with E-state index in [1.165, 1.54) is 7.11 Å². The summed E-state index contributed by atoms with van der Waals surface area (Å²) in [5, 5.41) is 15.1. The standard InChI is InChI=1S/C33H33IN6O4/c1-4-7-26(34)28-19-31(40(39-28)22-12-10-21(2)11-13-22)38-33(42)36-27-14-15-29(25-9-6-5-8-24(25)27)44-23-16-17-35-30(18-23)37-32(41)20-43-3/h5-6,8-19,26H,4,7,20H2,1-3H3,(H,35,37,41)(H2,36,38,42). The zero-order valence-electron chi connectivity index (χ0n) is 24.6. The third-order valence-corrected chi connectivity index (χ3v) is 8.01. The van der Waals surface area contributed by atoms with Crippen LogP contribution in [0.25, 0.3) is 16.5 Å². The maximum absolute atomic E-state index is 13.4. The SMILES string of the molecule is CCCC(I)c1cc(NC(=O)Nc2ccc(Oc3ccnc(NC(=O)COC)c3)c3ccccc23)n(-c2ccc(C)cc2)n1. The Bertz CT molecular complexity index is 1770. The van der Waals surface area contributed by atoms with Crippen molar-refractivity contribution >= 4 is 62.6 Å². The van der Waals surface area contributed by atoms with Gasteiger partial charge in [0.05, 0.1) is 21.0 Å². The number of ether oxygens (including phenoxy) is 2. The number of benzene rings is 3. The maximum atomic E-state index is 13.4. The van der Waals surface area contributed by atoms with Crippen LogP contribution in [-0.2, 0) is 9.53 Å². The van der Waals surface area contributed by atoms with Gasteiger partial charge in [0.15, 0.2) is 0 Å². The number of methoxy groups -OCH3 is 1. The molecule has 226 valence electrons. The van der Waals surface area contributed by atoms with Crippen molar-refractivity contribution in [2.45, 2.75) is 30.6 Å². The minimum atomic E-state index is -0.394. The second-order valence-electron chi connectivity index (χ2n) is 10.2. The van der Waals surface area contributed by atoms with Gasteiger partial charge in [-0.3, -0.25) is 10.1 Å². The fraction of sp³-hybridized carbons (Fsp3) is 0.212. The molecule has 3 amide bonds. The smallest absolute Gasteiger partial charge is 0.324 e. The van der Waals surface area contributed by atoms with Crippen molar-refractivity contribution in [2.75, 3.05) is 29.7 Å². The number of nitrogens with zero attached hydrogens (tertiary/aromatic N) is 3. The summed E-state index contributed by atoms with van der Waals surface area (Å²) >= 11 is 2.40. The molecule has 0 saturated carbocycles. The van der Waals surface area contributed by atoms with Crippen LogP contribution in [0.2, 0.25) is 0 Å². The molecule has 0 saturated heterocycles. The van der Waals surface area contributed by atoms with Crippen molar-refractivity contribution in [3.8, 4) is 17.2 Å². The Morgan fingerprint density at radius 2 is 1.73 bits per heavy atom. The van der Waals surface area contributed by atoms with Crippen LogP contribution in [0.1, 0.15) is 34.9 Å². The molecule has 10 nitrogen and oxygen atoms in total. The van der Waals surface area contributed by atoms with Gasteiger partial charge >= 0.3 is 6.03 Å². The average molecular weight is 705 g/mol. The Labute approximate surface area is 269 Å². The van der Waals surface area contributed by atoms with Gasteiger partial charge in [0, 0.05) is 36.2 Å². The number of aryl methyl sites for hydroxylation is 1. The molecule has 0 aliphatic rings. The third kappa shape index (κ3) is 7.53. The Hall–Kier alpha value is -4.49. The van der Waals surface area contributed by atoms with Gasteiger partial charge < -0.3 is 20.1 Å². The summed E-state index contributed by atoms with van der Waals surface area (Å²) in [5.74, 6) is 1.69. The summed E-state index contributed by atoms with van der Waals surface area (Å²) in [4.78, 5) is 29.4. The molecule has 3 N–H and O–H groups in total. The molecule has 0 fully saturated rings. The van der Waals surface area contributed by atoms with E-state index < -0.39 is 6.03 Å². The molecule has 0 aliphatic heterocycles. The lowest BCUT2D eigenvalue weighted by Crippen LogP contribution is -2.21. The van der Waals surface area contributed by atoms with Crippen molar-refractivity contribution in [2.24, 2.45) is 0 Å². The minimum absolute atomic E-state index is 0.0768. The monoisotopic (exact) mass is 704 g/mol. The second-order valence-corrected chi connectivity index (χ2v) is 11.7. The van der Waals surface area contributed by atoms with E-state index in [0.717, 1.165) is 40.6 Å². The van der Waals surface area contributed by atoms with Crippen LogP contribution in [0.15, 0.2) is 85.1 Å². The quantitative estimate of drug-likeness (QED) is 0.0947. The molecule has 0 spiro atoms. The lowest BCUT2D eigenvalue weighted by molar-refractivity contribution is -0.119. The largest absolute Gasteiger partial charge is 0.457 e. The number of hydrogen-bond donors (Lipinski definition) is 3. The zero-order valence-corrected chi connectivity index (χ0v) is 26.8. The summed E-state index contributed by atoms with van der Waals surface area (Å²) in [6.07, 6.45) is 3.57. The van der Waals surface area contributed by atoms with Gasteiger partial charge in [-0.1, -0.05) is 77.9 Å². The highest BCUT2D eigenvalue weighted by atomic mass is 127. The molecule has 1 unspecified atom stereocenters. The number of urea groups is 1. The molecule has 1 atom stereocenters. The van der Waals surface area contributed by atoms with E-state index in [1.807, 2.05) is 61.5 Å². The van der Waals surface area contributed by atoms with Gasteiger partial charge in [-0.05, 0) is 43.7 Å². The van der Waals surface area contributed by atoms with Crippen molar-refractivity contribution in [1.82, 2.24) is 14.8 Å². The van der Waals surface area contributed by atoms with E-state index >= 15 is 0 Å². The molecule has 2 aromatic heterocycles. The molecule has 0 radical (unpaired) electrons. The van der Waals surface area contributed by atoms with Crippen LogP contribution < -0.4 is 20.7 Å². The number of anilines is 3. The second kappa shape index (κ2) is 14.3. The topological polar surface area (TPSA) is 119 Å². The van der Waals surface area contributed by atoms with E-state index in [0.29, 0.717) is 28.8 Å². The zero-order chi connectivity index (χ0) is 31.1. The van der Waals surface area contributed by atoms with Gasteiger partial charge in [-0.25, -0.2) is 14.5 Å². The Morgan fingerprint density at radius 3 is 2.48 bits per heavy atom. The van der Waals surface area contributed by atoms with E-state index in [-0.39, 0.29) is 16.4 Å². The first-order valence-corrected chi connectivity index (χ1v) is 15.4. The van der Waals surface area contributed by atoms with Crippen molar-refractivity contribution in [3.63, 3.8) is 0 Å². The van der Waals surface area contributed by atoms with Gasteiger partial charge in [-0.2, -0.15) is 5.10 Å². The molecule has 5 rings (SSSR count). The first-order chi connectivity index (χ1) is 21.3. The highest BCUT2D eigenvalue weighted by Gasteiger charge is 2.18. The molecule has 2 heterocycles. The van der Waals surface area contributed by atoms with E-state index in [2.05, 4.69) is 50.4 Å². The molecule has 0 bridgehead atoms. The summed E-state index contributed by atoms with van der Waals surface area (Å²) in [6, 6.07) is 24.1.